The number of para-hydroxylation sites is 1. The summed E-state index contributed by atoms with van der Waals surface area (Å²) in [6.45, 7) is 4.81. The summed E-state index contributed by atoms with van der Waals surface area (Å²) in [5, 5.41) is 3.47. The quantitative estimate of drug-likeness (QED) is 0.469. The average molecular weight is 473 g/mol. The van der Waals surface area contributed by atoms with Crippen LogP contribution in [0.2, 0.25) is 0 Å². The molecule has 0 fully saturated rings. The number of thiophene rings is 1. The lowest BCUT2D eigenvalue weighted by Gasteiger charge is -2.17. The number of aryl methyl sites for hydroxylation is 3. The fourth-order valence-electron chi connectivity index (χ4n) is 4.28. The number of rotatable bonds is 5. The maximum atomic E-state index is 13.0. The van der Waals surface area contributed by atoms with Gasteiger partial charge in [-0.2, -0.15) is 0 Å². The molecule has 3 heterocycles. The summed E-state index contributed by atoms with van der Waals surface area (Å²) in [4.78, 5) is 46.2. The number of amides is 2. The van der Waals surface area contributed by atoms with Crippen LogP contribution in [0.4, 0.5) is 11.4 Å². The Kier molecular flexibility index (Phi) is 5.75. The molecule has 172 valence electrons. The van der Waals surface area contributed by atoms with Crippen molar-refractivity contribution in [2.24, 2.45) is 0 Å². The predicted molar refractivity (Wildman–Crippen MR) is 135 cm³/mol. The van der Waals surface area contributed by atoms with Crippen LogP contribution in [-0.4, -0.2) is 27.9 Å². The number of carbonyl (C=O) groups excluding carboxylic acids is 2. The second-order valence-corrected chi connectivity index (χ2v) is 9.62. The Balaban J connectivity index is 1.22. The lowest BCUT2D eigenvalue weighted by molar-refractivity contribution is -0.116. The molecule has 34 heavy (non-hydrogen) atoms. The number of anilines is 2. The van der Waals surface area contributed by atoms with Crippen LogP contribution >= 0.6 is 11.3 Å². The van der Waals surface area contributed by atoms with Gasteiger partial charge < -0.3 is 10.2 Å². The first-order chi connectivity index (χ1) is 16.4. The van der Waals surface area contributed by atoms with Crippen molar-refractivity contribution >= 4 is 44.7 Å². The van der Waals surface area contributed by atoms with Crippen LogP contribution in [-0.2, 0) is 17.8 Å². The van der Waals surface area contributed by atoms with Gasteiger partial charge in [0.15, 0.2) is 0 Å². The molecular weight excluding hydrogens is 448 g/mol. The Morgan fingerprint density at radius 3 is 2.65 bits per heavy atom. The second-order valence-electron chi connectivity index (χ2n) is 8.42. The van der Waals surface area contributed by atoms with E-state index >= 15 is 0 Å². The zero-order chi connectivity index (χ0) is 23.8. The SMILES string of the molecule is Cc1sc2ncn(CCC(=O)Nc3ccc(C(=O)N4CCc5ccccc54)cc3)c(=O)c2c1C. The molecule has 0 saturated heterocycles. The molecule has 1 aliphatic rings. The van der Waals surface area contributed by atoms with E-state index in [4.69, 9.17) is 0 Å². The molecule has 1 aliphatic heterocycles. The van der Waals surface area contributed by atoms with Gasteiger partial charge in [0.25, 0.3) is 11.5 Å². The summed E-state index contributed by atoms with van der Waals surface area (Å²) < 4.78 is 1.48. The maximum Gasteiger partial charge on any atom is 0.262 e. The lowest BCUT2D eigenvalue weighted by Crippen LogP contribution is -2.28. The highest BCUT2D eigenvalue weighted by Crippen LogP contribution is 2.29. The van der Waals surface area contributed by atoms with E-state index in [9.17, 15) is 14.4 Å². The number of hydrogen-bond donors (Lipinski definition) is 1. The zero-order valence-corrected chi connectivity index (χ0v) is 19.8. The highest BCUT2D eigenvalue weighted by molar-refractivity contribution is 7.18. The van der Waals surface area contributed by atoms with Gasteiger partial charge in [0.2, 0.25) is 5.91 Å². The van der Waals surface area contributed by atoms with Crippen molar-refractivity contribution in [3.05, 3.63) is 86.8 Å². The third kappa shape index (κ3) is 4.01. The molecule has 5 rings (SSSR count). The molecule has 0 atom stereocenters. The van der Waals surface area contributed by atoms with Crippen molar-refractivity contribution in [2.45, 2.75) is 33.2 Å². The Morgan fingerprint density at radius 2 is 1.85 bits per heavy atom. The predicted octanol–water partition coefficient (Wildman–Crippen LogP) is 4.31. The molecule has 0 bridgehead atoms. The molecular formula is C26H24N4O3S. The normalized spacial score (nSPS) is 12.7. The van der Waals surface area contributed by atoms with Crippen molar-refractivity contribution in [1.82, 2.24) is 9.55 Å². The summed E-state index contributed by atoms with van der Waals surface area (Å²) in [5.41, 5.74) is 4.14. The number of carbonyl (C=O) groups is 2. The van der Waals surface area contributed by atoms with E-state index < -0.39 is 0 Å². The molecule has 8 heteroatoms. The Bertz CT molecular complexity index is 1470. The van der Waals surface area contributed by atoms with Crippen molar-refractivity contribution in [3.8, 4) is 0 Å². The minimum Gasteiger partial charge on any atom is -0.326 e. The number of nitrogens with zero attached hydrogens (tertiary/aromatic N) is 3. The first-order valence-electron chi connectivity index (χ1n) is 11.2. The number of nitrogens with one attached hydrogen (secondary N) is 1. The number of hydrogen-bond acceptors (Lipinski definition) is 5. The second kappa shape index (κ2) is 8.87. The van der Waals surface area contributed by atoms with Crippen LogP contribution in [0.5, 0.6) is 0 Å². The van der Waals surface area contributed by atoms with Gasteiger partial charge in [0.1, 0.15) is 4.83 Å². The monoisotopic (exact) mass is 472 g/mol. The topological polar surface area (TPSA) is 84.3 Å². The van der Waals surface area contributed by atoms with E-state index in [0.29, 0.717) is 23.2 Å². The van der Waals surface area contributed by atoms with Crippen molar-refractivity contribution in [3.63, 3.8) is 0 Å². The number of aromatic nitrogens is 2. The molecule has 2 amide bonds. The molecule has 0 spiro atoms. The summed E-state index contributed by atoms with van der Waals surface area (Å²) in [6, 6.07) is 14.8. The van der Waals surface area contributed by atoms with Crippen LogP contribution in [0.1, 0.15) is 32.8 Å². The molecule has 0 unspecified atom stereocenters. The largest absolute Gasteiger partial charge is 0.326 e. The van der Waals surface area contributed by atoms with E-state index in [1.807, 2.05) is 38.1 Å². The lowest BCUT2D eigenvalue weighted by atomic mass is 10.1. The van der Waals surface area contributed by atoms with Crippen LogP contribution in [0.3, 0.4) is 0 Å². The van der Waals surface area contributed by atoms with Crippen LogP contribution in [0.25, 0.3) is 10.2 Å². The molecule has 0 radical (unpaired) electrons. The van der Waals surface area contributed by atoms with Crippen molar-refractivity contribution in [2.75, 3.05) is 16.8 Å². The first kappa shape index (κ1) is 22.0. The highest BCUT2D eigenvalue weighted by Gasteiger charge is 2.25. The standard InChI is InChI=1S/C26H24N4O3S/c1-16-17(2)34-24-23(16)26(33)29(15-27-24)13-12-22(31)28-20-9-7-19(8-10-20)25(32)30-14-11-18-5-3-4-6-21(18)30/h3-10,15H,11-14H2,1-2H3,(H,28,31). The van der Waals surface area contributed by atoms with E-state index in [1.54, 1.807) is 29.2 Å². The van der Waals surface area contributed by atoms with Crippen LogP contribution < -0.4 is 15.8 Å². The first-order valence-corrected chi connectivity index (χ1v) is 12.0. The maximum absolute atomic E-state index is 13.0. The van der Waals surface area contributed by atoms with Gasteiger partial charge >= 0.3 is 0 Å². The summed E-state index contributed by atoms with van der Waals surface area (Å²) in [5.74, 6) is -0.262. The van der Waals surface area contributed by atoms with E-state index in [0.717, 1.165) is 27.4 Å². The smallest absolute Gasteiger partial charge is 0.262 e. The molecule has 4 aromatic rings. The Morgan fingerprint density at radius 1 is 1.09 bits per heavy atom. The fourth-order valence-corrected chi connectivity index (χ4v) is 5.26. The summed E-state index contributed by atoms with van der Waals surface area (Å²) in [6.07, 6.45) is 2.50. The van der Waals surface area contributed by atoms with Gasteiger partial charge in [-0.15, -0.1) is 11.3 Å². The number of fused-ring (bicyclic) bond motifs is 2. The van der Waals surface area contributed by atoms with E-state index in [-0.39, 0.29) is 30.3 Å². The highest BCUT2D eigenvalue weighted by atomic mass is 32.1. The minimum atomic E-state index is -0.210. The van der Waals surface area contributed by atoms with E-state index in [1.165, 1.54) is 27.8 Å². The molecule has 0 aliphatic carbocycles. The number of benzene rings is 2. The van der Waals surface area contributed by atoms with Crippen molar-refractivity contribution in [1.29, 1.82) is 0 Å². The fraction of sp³-hybridized carbons (Fsp3) is 0.231. The molecule has 7 nitrogen and oxygen atoms in total. The van der Waals surface area contributed by atoms with Gasteiger partial charge in [0, 0.05) is 41.3 Å². The molecule has 2 aromatic heterocycles. The minimum absolute atomic E-state index is 0.0518. The third-order valence-electron chi connectivity index (χ3n) is 6.28. The van der Waals surface area contributed by atoms with Gasteiger partial charge in [-0.05, 0) is 61.7 Å². The third-order valence-corrected chi connectivity index (χ3v) is 7.40. The molecule has 0 saturated carbocycles. The molecule has 1 N–H and O–H groups in total. The zero-order valence-electron chi connectivity index (χ0n) is 19.0. The molecule has 2 aromatic carbocycles. The Labute approximate surface area is 200 Å². The van der Waals surface area contributed by atoms with Gasteiger partial charge in [-0.1, -0.05) is 18.2 Å². The van der Waals surface area contributed by atoms with Gasteiger partial charge in [0.05, 0.1) is 11.7 Å². The van der Waals surface area contributed by atoms with E-state index in [2.05, 4.69) is 10.3 Å². The van der Waals surface area contributed by atoms with Crippen LogP contribution in [0.15, 0.2) is 59.7 Å². The average Bonchev–Trinajstić information content (AvgIpc) is 3.40. The summed E-state index contributed by atoms with van der Waals surface area (Å²) >= 11 is 1.50. The Hall–Kier alpha value is -3.78. The summed E-state index contributed by atoms with van der Waals surface area (Å²) in [7, 11) is 0. The van der Waals surface area contributed by atoms with Gasteiger partial charge in [-0.3, -0.25) is 19.0 Å². The van der Waals surface area contributed by atoms with Gasteiger partial charge in [-0.25, -0.2) is 4.98 Å². The van der Waals surface area contributed by atoms with Crippen molar-refractivity contribution < 1.29 is 9.59 Å². The van der Waals surface area contributed by atoms with Crippen LogP contribution in [0, 0.1) is 13.8 Å².